The van der Waals surface area contributed by atoms with Crippen LogP contribution in [0.5, 0.6) is 0 Å². The van der Waals surface area contributed by atoms with Crippen LogP contribution in [-0.4, -0.2) is 41.6 Å². The molecule has 2 amide bonds. The van der Waals surface area contributed by atoms with Crippen molar-refractivity contribution >= 4 is 12.0 Å². The van der Waals surface area contributed by atoms with Crippen LogP contribution >= 0.6 is 0 Å². The molecule has 6 nitrogen and oxygen atoms in total. The fraction of sp³-hybridized carbons (Fsp3) is 0.600. The van der Waals surface area contributed by atoms with Gasteiger partial charge in [0.05, 0.1) is 11.6 Å². The molecule has 0 aliphatic rings. The van der Waals surface area contributed by atoms with Gasteiger partial charge in [-0.25, -0.2) is 13.6 Å². The van der Waals surface area contributed by atoms with Gasteiger partial charge >= 0.3 is 6.09 Å². The van der Waals surface area contributed by atoms with E-state index >= 15 is 0 Å². The minimum Gasteiger partial charge on any atom is -0.444 e. The predicted molar refractivity (Wildman–Crippen MR) is 81.6 cm³/mol. The van der Waals surface area contributed by atoms with Gasteiger partial charge < -0.3 is 20.4 Å². The highest BCUT2D eigenvalue weighted by Crippen LogP contribution is 2.10. The Hall–Kier alpha value is -2.12. The molecule has 1 heterocycles. The summed E-state index contributed by atoms with van der Waals surface area (Å²) in [7, 11) is 0. The Morgan fingerprint density at radius 2 is 1.96 bits per heavy atom. The fourth-order valence-corrected chi connectivity index (χ4v) is 1.84. The molecule has 1 aromatic rings. The van der Waals surface area contributed by atoms with Crippen LogP contribution in [0.25, 0.3) is 0 Å². The molecule has 1 aromatic heterocycles. The number of ether oxygens (including phenoxy) is 1. The Balaban J connectivity index is 2.49. The van der Waals surface area contributed by atoms with E-state index in [9.17, 15) is 18.4 Å². The van der Waals surface area contributed by atoms with Crippen molar-refractivity contribution in [3.8, 4) is 0 Å². The van der Waals surface area contributed by atoms with Gasteiger partial charge in [0.1, 0.15) is 5.60 Å². The van der Waals surface area contributed by atoms with Gasteiger partial charge in [0.15, 0.2) is 0 Å². The number of aryl methyl sites for hydroxylation is 1. The van der Waals surface area contributed by atoms with Crippen LogP contribution in [0.15, 0.2) is 12.4 Å². The fourth-order valence-electron chi connectivity index (χ4n) is 1.84. The lowest BCUT2D eigenvalue weighted by atomic mass is 10.1. The first-order valence-corrected chi connectivity index (χ1v) is 7.29. The summed E-state index contributed by atoms with van der Waals surface area (Å²) in [5.41, 5.74) is 0.324. The van der Waals surface area contributed by atoms with Crippen molar-refractivity contribution < 1.29 is 23.1 Å². The number of carbonyl (C=O) groups excluding carboxylic acids is 2. The number of carbonyl (C=O) groups is 2. The highest BCUT2D eigenvalue weighted by atomic mass is 19.3. The maximum atomic E-state index is 13.0. The minimum atomic E-state index is -2.74. The summed E-state index contributed by atoms with van der Waals surface area (Å²) < 4.78 is 31.1. The lowest BCUT2D eigenvalue weighted by Crippen LogP contribution is -2.43. The molecule has 0 aliphatic heterocycles. The number of H-pyrrole nitrogens is 1. The molecule has 0 fully saturated rings. The summed E-state index contributed by atoms with van der Waals surface area (Å²) >= 11 is 0. The first-order valence-electron chi connectivity index (χ1n) is 7.29. The SMILES string of the molecule is Cc1c[nH]cc1C(=O)N[C@@H](CCNC(=O)OC(C)(C)C)C(F)F. The summed E-state index contributed by atoms with van der Waals surface area (Å²) in [5.74, 6) is -0.577. The van der Waals surface area contributed by atoms with Crippen molar-refractivity contribution in [2.45, 2.75) is 52.2 Å². The highest BCUT2D eigenvalue weighted by molar-refractivity contribution is 5.95. The van der Waals surface area contributed by atoms with Crippen molar-refractivity contribution in [3.05, 3.63) is 23.5 Å². The topological polar surface area (TPSA) is 83.2 Å². The van der Waals surface area contributed by atoms with Crippen molar-refractivity contribution in [2.75, 3.05) is 6.54 Å². The number of aromatic nitrogens is 1. The zero-order valence-electron chi connectivity index (χ0n) is 13.7. The number of alkyl carbamates (subject to hydrolysis) is 1. The van der Waals surface area contributed by atoms with Gasteiger partial charge in [0.25, 0.3) is 12.3 Å². The summed E-state index contributed by atoms with van der Waals surface area (Å²) in [5, 5.41) is 4.67. The molecule has 3 N–H and O–H groups in total. The summed E-state index contributed by atoms with van der Waals surface area (Å²) in [6, 6.07) is -1.35. The lowest BCUT2D eigenvalue weighted by molar-refractivity contribution is 0.0510. The van der Waals surface area contributed by atoms with Crippen molar-refractivity contribution in [3.63, 3.8) is 0 Å². The molecular weight excluding hydrogens is 308 g/mol. The van der Waals surface area contributed by atoms with Crippen LogP contribution in [0.1, 0.15) is 43.1 Å². The van der Waals surface area contributed by atoms with Crippen LogP contribution in [0.4, 0.5) is 13.6 Å². The molecule has 0 aromatic carbocycles. The van der Waals surface area contributed by atoms with Crippen LogP contribution in [-0.2, 0) is 4.74 Å². The Morgan fingerprint density at radius 1 is 1.30 bits per heavy atom. The van der Waals surface area contributed by atoms with Crippen molar-refractivity contribution in [1.29, 1.82) is 0 Å². The maximum Gasteiger partial charge on any atom is 0.407 e. The first kappa shape index (κ1) is 18.9. The largest absolute Gasteiger partial charge is 0.444 e. The van der Waals surface area contributed by atoms with Crippen LogP contribution in [0.2, 0.25) is 0 Å². The van der Waals surface area contributed by atoms with Crippen LogP contribution in [0.3, 0.4) is 0 Å². The molecule has 130 valence electrons. The summed E-state index contributed by atoms with van der Waals surface area (Å²) in [6.07, 6.45) is -0.466. The molecule has 0 saturated carbocycles. The normalized spacial score (nSPS) is 12.8. The van der Waals surface area contributed by atoms with Gasteiger partial charge in [0.2, 0.25) is 0 Å². The number of halogens is 2. The number of nitrogens with one attached hydrogen (secondary N) is 3. The van der Waals surface area contributed by atoms with Crippen LogP contribution < -0.4 is 10.6 Å². The third-order valence-corrected chi connectivity index (χ3v) is 2.94. The van der Waals surface area contributed by atoms with E-state index < -0.39 is 30.1 Å². The maximum absolute atomic E-state index is 13.0. The van der Waals surface area contributed by atoms with E-state index in [2.05, 4.69) is 15.6 Å². The molecule has 1 atom stereocenters. The molecule has 23 heavy (non-hydrogen) atoms. The van der Waals surface area contributed by atoms with Crippen molar-refractivity contribution in [1.82, 2.24) is 15.6 Å². The number of hydrogen-bond acceptors (Lipinski definition) is 3. The lowest BCUT2D eigenvalue weighted by Gasteiger charge is -2.21. The number of hydrogen-bond donors (Lipinski definition) is 3. The van der Waals surface area contributed by atoms with E-state index in [1.165, 1.54) is 6.20 Å². The molecule has 0 radical (unpaired) electrons. The molecule has 0 aliphatic carbocycles. The van der Waals surface area contributed by atoms with Crippen LogP contribution in [0, 0.1) is 6.92 Å². The average molecular weight is 331 g/mol. The molecule has 0 spiro atoms. The van der Waals surface area contributed by atoms with Gasteiger partial charge in [-0.05, 0) is 39.7 Å². The zero-order chi connectivity index (χ0) is 17.6. The standard InChI is InChI=1S/C15H23F2N3O3/c1-9-7-18-8-10(9)13(21)20-11(12(16)17)5-6-19-14(22)23-15(2,3)4/h7-8,11-12,18H,5-6H2,1-4H3,(H,19,22)(H,20,21)/t11-/m0/s1. The third-order valence-electron chi connectivity index (χ3n) is 2.94. The van der Waals surface area contributed by atoms with E-state index in [4.69, 9.17) is 4.74 Å². The number of rotatable bonds is 6. The van der Waals surface area contributed by atoms with E-state index in [1.54, 1.807) is 33.9 Å². The van der Waals surface area contributed by atoms with Gasteiger partial charge in [-0.2, -0.15) is 0 Å². The Labute approximate surface area is 134 Å². The van der Waals surface area contributed by atoms with E-state index in [1.807, 2.05) is 0 Å². The number of aromatic amines is 1. The highest BCUT2D eigenvalue weighted by Gasteiger charge is 2.24. The minimum absolute atomic E-state index is 0.0314. The molecule has 8 heteroatoms. The Bertz CT molecular complexity index is 538. The van der Waals surface area contributed by atoms with Gasteiger partial charge in [0, 0.05) is 18.9 Å². The molecule has 1 rings (SSSR count). The Morgan fingerprint density at radius 3 is 2.43 bits per heavy atom. The molecule has 0 bridgehead atoms. The van der Waals surface area contributed by atoms with Gasteiger partial charge in [-0.1, -0.05) is 0 Å². The molecular formula is C15H23F2N3O3. The molecule has 0 saturated heterocycles. The van der Waals surface area contributed by atoms with Gasteiger partial charge in [-0.3, -0.25) is 4.79 Å². The molecule has 0 unspecified atom stereocenters. The third kappa shape index (κ3) is 6.66. The monoisotopic (exact) mass is 331 g/mol. The summed E-state index contributed by atoms with van der Waals surface area (Å²) in [4.78, 5) is 26.1. The van der Waals surface area contributed by atoms with E-state index in [0.717, 1.165) is 0 Å². The van der Waals surface area contributed by atoms with Gasteiger partial charge in [-0.15, -0.1) is 0 Å². The smallest absolute Gasteiger partial charge is 0.407 e. The predicted octanol–water partition coefficient (Wildman–Crippen LogP) is 2.60. The number of amides is 2. The van der Waals surface area contributed by atoms with E-state index in [0.29, 0.717) is 11.1 Å². The summed E-state index contributed by atoms with van der Waals surface area (Å²) in [6.45, 7) is 6.78. The quantitative estimate of drug-likeness (QED) is 0.749. The van der Waals surface area contributed by atoms with Crippen molar-refractivity contribution in [2.24, 2.45) is 0 Å². The second-order valence-corrected chi connectivity index (χ2v) is 6.18. The Kier molecular flexibility index (Phi) is 6.53. The number of alkyl halides is 2. The second-order valence-electron chi connectivity index (χ2n) is 6.18. The van der Waals surface area contributed by atoms with E-state index in [-0.39, 0.29) is 13.0 Å². The zero-order valence-corrected chi connectivity index (χ0v) is 13.7. The second kappa shape index (κ2) is 7.94. The average Bonchev–Trinajstić information content (AvgIpc) is 2.81. The first-order chi connectivity index (χ1) is 10.6.